The second-order valence-electron chi connectivity index (χ2n) is 11.7. The van der Waals surface area contributed by atoms with Gasteiger partial charge in [0.1, 0.15) is 6.07 Å². The average molecular weight is 554 g/mol. The highest BCUT2D eigenvalue weighted by atomic mass is 28.4. The predicted molar refractivity (Wildman–Crippen MR) is 144 cm³/mol. The monoisotopic (exact) mass is 553 g/mol. The highest BCUT2D eigenvalue weighted by Crippen LogP contribution is 2.60. The zero-order valence-corrected chi connectivity index (χ0v) is 24.7. The van der Waals surface area contributed by atoms with Crippen LogP contribution in [0.3, 0.4) is 0 Å². The first kappa shape index (κ1) is 27.2. The van der Waals surface area contributed by atoms with E-state index < -0.39 is 31.7 Å². The molecule has 0 bridgehead atoms. The molecule has 1 fully saturated rings. The number of nitriles is 1. The molecule has 0 aromatic heterocycles. The van der Waals surface area contributed by atoms with Gasteiger partial charge in [-0.3, -0.25) is 4.79 Å². The van der Waals surface area contributed by atoms with Gasteiger partial charge in [0.05, 0.1) is 39.8 Å². The summed E-state index contributed by atoms with van der Waals surface area (Å²) < 4.78 is 41.0. The number of carbonyl (C=O) groups is 1. The number of fused-ring (bicyclic) bond motifs is 3. The van der Waals surface area contributed by atoms with Gasteiger partial charge in [-0.2, -0.15) is 5.26 Å². The molecule has 0 radical (unpaired) electrons. The van der Waals surface area contributed by atoms with Crippen LogP contribution in [0.15, 0.2) is 24.3 Å². The molecule has 2 aromatic carbocycles. The van der Waals surface area contributed by atoms with Crippen LogP contribution in [-0.2, 0) is 19.6 Å². The fourth-order valence-corrected chi connectivity index (χ4v) is 7.14. The fourth-order valence-electron chi connectivity index (χ4n) is 5.72. The van der Waals surface area contributed by atoms with Crippen molar-refractivity contribution in [2.75, 3.05) is 34.7 Å². The van der Waals surface area contributed by atoms with E-state index in [1.807, 2.05) is 24.3 Å². The molecule has 0 saturated carbocycles. The van der Waals surface area contributed by atoms with Crippen LogP contribution in [0.4, 0.5) is 0 Å². The molecule has 2 aromatic rings. The molecule has 9 nitrogen and oxygen atoms in total. The zero-order valence-electron chi connectivity index (χ0n) is 23.7. The Hall–Kier alpha value is -3.42. The van der Waals surface area contributed by atoms with E-state index in [0.29, 0.717) is 34.3 Å². The highest BCUT2D eigenvalue weighted by Gasteiger charge is 2.63. The van der Waals surface area contributed by atoms with E-state index in [1.54, 1.807) is 21.3 Å². The molecule has 0 amide bonds. The fraction of sp³-hybridized carbons (Fsp3) is 0.517. The summed E-state index contributed by atoms with van der Waals surface area (Å²) in [5.74, 6) is 0.358. The van der Waals surface area contributed by atoms with Crippen molar-refractivity contribution in [3.8, 4) is 34.8 Å². The molecule has 39 heavy (non-hydrogen) atoms. The zero-order chi connectivity index (χ0) is 28.3. The first-order valence-electron chi connectivity index (χ1n) is 12.9. The molecule has 10 heteroatoms. The van der Waals surface area contributed by atoms with Gasteiger partial charge in [-0.05, 0) is 53.5 Å². The minimum absolute atomic E-state index is 0.0699. The van der Waals surface area contributed by atoms with Gasteiger partial charge in [-0.25, -0.2) is 0 Å². The van der Waals surface area contributed by atoms with Crippen molar-refractivity contribution < 1.29 is 37.6 Å². The third-order valence-electron chi connectivity index (χ3n) is 8.71. The smallest absolute Gasteiger partial charge is 0.310 e. The van der Waals surface area contributed by atoms with Crippen LogP contribution < -0.4 is 23.7 Å². The summed E-state index contributed by atoms with van der Waals surface area (Å²) in [6, 6.07) is 9.94. The Balaban J connectivity index is 1.81. The second kappa shape index (κ2) is 9.35. The lowest BCUT2D eigenvalue weighted by Crippen LogP contribution is -2.55. The number of hydrogen-bond donors (Lipinski definition) is 0. The molecule has 1 saturated heterocycles. The minimum atomic E-state index is -2.52. The van der Waals surface area contributed by atoms with Gasteiger partial charge in [0.2, 0.25) is 12.5 Å². The van der Waals surface area contributed by atoms with E-state index in [4.69, 9.17) is 32.8 Å². The lowest BCUT2D eigenvalue weighted by atomic mass is 9.61. The largest absolute Gasteiger partial charge is 0.493 e. The van der Waals surface area contributed by atoms with Gasteiger partial charge >= 0.3 is 5.97 Å². The van der Waals surface area contributed by atoms with Crippen LogP contribution >= 0.6 is 0 Å². The maximum atomic E-state index is 13.5. The normalized spacial score (nSPS) is 25.3. The summed E-state index contributed by atoms with van der Waals surface area (Å²) >= 11 is 0. The maximum Gasteiger partial charge on any atom is 0.310 e. The van der Waals surface area contributed by atoms with Crippen molar-refractivity contribution in [2.45, 2.75) is 50.4 Å². The average Bonchev–Trinajstić information content (AvgIpc) is 3.52. The lowest BCUT2D eigenvalue weighted by Gasteiger charge is -2.49. The van der Waals surface area contributed by atoms with Crippen LogP contribution in [0, 0.1) is 23.2 Å². The summed E-state index contributed by atoms with van der Waals surface area (Å²) in [6.45, 7) is 10.7. The molecule has 2 heterocycles. The van der Waals surface area contributed by atoms with Crippen molar-refractivity contribution in [2.24, 2.45) is 11.8 Å². The molecule has 0 spiro atoms. The van der Waals surface area contributed by atoms with E-state index in [9.17, 15) is 10.1 Å². The van der Waals surface area contributed by atoms with Gasteiger partial charge in [0.25, 0.3) is 0 Å². The number of hydrogen-bond acceptors (Lipinski definition) is 9. The van der Waals surface area contributed by atoms with Crippen LogP contribution in [0.5, 0.6) is 28.7 Å². The van der Waals surface area contributed by atoms with Crippen molar-refractivity contribution >= 4 is 14.3 Å². The van der Waals surface area contributed by atoms with E-state index in [1.165, 1.54) is 0 Å². The quantitative estimate of drug-likeness (QED) is 0.356. The first-order chi connectivity index (χ1) is 18.4. The Morgan fingerprint density at radius 1 is 0.974 bits per heavy atom. The molecule has 3 aliphatic rings. The Kier molecular flexibility index (Phi) is 6.51. The standard InChI is InChI=1S/C29H35NO8Si/c1-28(2,3)39(7,8)38-29(14-30)18-12-21-20(36-15-37-21)11-17(18)24(25-19(29)13-35-27(25)31)16-9-22(32-4)26(34-6)23(10-16)33-5/h9-12,19,24-25H,13,15H2,1-8H3/t19-,24-,25-,29?/m1/s1. The molecular formula is C29H35NO8Si. The number of cyclic esters (lactones) is 1. The SMILES string of the molecule is COc1cc([C@@H]2c3cc4c(cc3C(C#N)(O[Si](C)(C)C(C)(C)C)[C@@H]3COC(=O)[C@@H]23)OCO4)cc(OC)c1OC. The van der Waals surface area contributed by atoms with Crippen molar-refractivity contribution in [3.63, 3.8) is 0 Å². The number of nitrogens with zero attached hydrogens (tertiary/aromatic N) is 1. The third kappa shape index (κ3) is 4.02. The summed E-state index contributed by atoms with van der Waals surface area (Å²) in [5.41, 5.74) is 0.747. The maximum absolute atomic E-state index is 13.5. The van der Waals surface area contributed by atoms with E-state index >= 15 is 0 Å². The summed E-state index contributed by atoms with van der Waals surface area (Å²) in [7, 11) is 2.12. The van der Waals surface area contributed by atoms with Gasteiger partial charge in [-0.15, -0.1) is 0 Å². The first-order valence-corrected chi connectivity index (χ1v) is 15.8. The Morgan fingerprint density at radius 2 is 1.59 bits per heavy atom. The molecule has 2 aliphatic heterocycles. The van der Waals surface area contributed by atoms with Gasteiger partial charge in [0, 0.05) is 11.5 Å². The van der Waals surface area contributed by atoms with Crippen LogP contribution in [-0.4, -0.2) is 49.0 Å². The van der Waals surface area contributed by atoms with Gasteiger partial charge in [0.15, 0.2) is 36.9 Å². The van der Waals surface area contributed by atoms with Gasteiger partial charge in [-0.1, -0.05) is 20.8 Å². The van der Waals surface area contributed by atoms with Crippen LogP contribution in [0.2, 0.25) is 18.1 Å². The molecule has 5 rings (SSSR count). The number of ether oxygens (including phenoxy) is 6. The highest BCUT2D eigenvalue weighted by molar-refractivity contribution is 6.74. The summed E-state index contributed by atoms with van der Waals surface area (Å²) in [5, 5.41) is 10.8. The van der Waals surface area contributed by atoms with Crippen LogP contribution in [0.1, 0.15) is 43.4 Å². The molecular weight excluding hydrogens is 518 g/mol. The third-order valence-corrected chi connectivity index (χ3v) is 13.2. The molecule has 1 unspecified atom stereocenters. The summed E-state index contributed by atoms with van der Waals surface area (Å²) in [4.78, 5) is 13.5. The Bertz CT molecular complexity index is 1340. The van der Waals surface area contributed by atoms with Crippen molar-refractivity contribution in [1.29, 1.82) is 5.26 Å². The second-order valence-corrected chi connectivity index (χ2v) is 16.4. The number of methoxy groups -OCH3 is 3. The van der Waals surface area contributed by atoms with Gasteiger partial charge < -0.3 is 32.8 Å². The topological polar surface area (TPSA) is 105 Å². The Labute approximate surface area is 230 Å². The van der Waals surface area contributed by atoms with Crippen molar-refractivity contribution in [3.05, 3.63) is 41.0 Å². The van der Waals surface area contributed by atoms with E-state index in [-0.39, 0.29) is 24.4 Å². The Morgan fingerprint density at radius 3 is 2.13 bits per heavy atom. The molecule has 0 N–H and O–H groups in total. The minimum Gasteiger partial charge on any atom is -0.493 e. The summed E-state index contributed by atoms with van der Waals surface area (Å²) in [6.07, 6.45) is 0. The number of esters is 1. The number of rotatable bonds is 6. The predicted octanol–water partition coefficient (Wildman–Crippen LogP) is 5.12. The molecule has 1 aliphatic carbocycles. The van der Waals surface area contributed by atoms with E-state index in [0.717, 1.165) is 11.1 Å². The van der Waals surface area contributed by atoms with Crippen molar-refractivity contribution in [1.82, 2.24) is 0 Å². The lowest BCUT2D eigenvalue weighted by molar-refractivity contribution is -0.141. The number of benzene rings is 2. The van der Waals surface area contributed by atoms with E-state index in [2.05, 4.69) is 39.9 Å². The number of carbonyl (C=O) groups excluding carboxylic acids is 1. The van der Waals surface area contributed by atoms with Crippen LogP contribution in [0.25, 0.3) is 0 Å². The molecule has 208 valence electrons. The molecule has 4 atom stereocenters.